The molecular formula is C16H13N3O2. The summed E-state index contributed by atoms with van der Waals surface area (Å²) in [5.74, 6) is 0.460. The van der Waals surface area contributed by atoms with Gasteiger partial charge in [-0.15, -0.1) is 0 Å². The zero-order valence-electron chi connectivity index (χ0n) is 11.2. The van der Waals surface area contributed by atoms with Crippen molar-refractivity contribution in [3.8, 4) is 6.07 Å². The second-order valence-corrected chi connectivity index (χ2v) is 5.08. The number of nitro benzene ring substituents is 1. The SMILES string of the molecule is N#Cc1cc(NCC2Cc3ccccc32)ccc1[N+](=O)[O-]. The molecule has 5 heteroatoms. The van der Waals surface area contributed by atoms with Crippen LogP contribution in [0.15, 0.2) is 42.5 Å². The lowest BCUT2D eigenvalue weighted by Crippen LogP contribution is -2.24. The number of nitriles is 1. The van der Waals surface area contributed by atoms with E-state index in [0.29, 0.717) is 5.92 Å². The number of nitro groups is 1. The molecule has 0 aromatic heterocycles. The van der Waals surface area contributed by atoms with Crippen LogP contribution in [0.3, 0.4) is 0 Å². The van der Waals surface area contributed by atoms with Gasteiger partial charge in [0.25, 0.3) is 5.69 Å². The van der Waals surface area contributed by atoms with E-state index in [1.165, 1.54) is 23.3 Å². The first kappa shape index (κ1) is 13.1. The van der Waals surface area contributed by atoms with E-state index in [1.807, 2.05) is 18.2 Å². The van der Waals surface area contributed by atoms with E-state index in [4.69, 9.17) is 5.26 Å². The van der Waals surface area contributed by atoms with Gasteiger partial charge < -0.3 is 5.32 Å². The molecule has 0 aliphatic heterocycles. The highest BCUT2D eigenvalue weighted by Gasteiger charge is 2.25. The van der Waals surface area contributed by atoms with Gasteiger partial charge in [-0.05, 0) is 29.7 Å². The van der Waals surface area contributed by atoms with Crippen LogP contribution in [0.1, 0.15) is 22.6 Å². The number of hydrogen-bond donors (Lipinski definition) is 1. The number of hydrogen-bond acceptors (Lipinski definition) is 4. The van der Waals surface area contributed by atoms with Gasteiger partial charge in [0.1, 0.15) is 11.6 Å². The van der Waals surface area contributed by atoms with Crippen LogP contribution >= 0.6 is 0 Å². The van der Waals surface area contributed by atoms with Crippen molar-refractivity contribution in [1.29, 1.82) is 5.26 Å². The van der Waals surface area contributed by atoms with Crippen molar-refractivity contribution in [2.24, 2.45) is 0 Å². The number of nitrogens with one attached hydrogen (secondary N) is 1. The smallest absolute Gasteiger partial charge is 0.287 e. The lowest BCUT2D eigenvalue weighted by Gasteiger charge is -2.30. The summed E-state index contributed by atoms with van der Waals surface area (Å²) in [5.41, 5.74) is 3.40. The second-order valence-electron chi connectivity index (χ2n) is 5.08. The molecule has 1 N–H and O–H groups in total. The van der Waals surface area contributed by atoms with E-state index in [2.05, 4.69) is 17.4 Å². The third-order valence-corrected chi connectivity index (χ3v) is 3.83. The van der Waals surface area contributed by atoms with E-state index < -0.39 is 4.92 Å². The lowest BCUT2D eigenvalue weighted by molar-refractivity contribution is -0.385. The first-order valence-electron chi connectivity index (χ1n) is 6.69. The molecule has 2 aromatic rings. The molecule has 21 heavy (non-hydrogen) atoms. The molecule has 1 unspecified atom stereocenters. The monoisotopic (exact) mass is 279 g/mol. The minimum absolute atomic E-state index is 0.0824. The predicted octanol–water partition coefficient (Wildman–Crippen LogP) is 3.22. The van der Waals surface area contributed by atoms with Crippen LogP contribution in [0, 0.1) is 21.4 Å². The first-order chi connectivity index (χ1) is 10.2. The predicted molar refractivity (Wildman–Crippen MR) is 79.2 cm³/mol. The molecule has 0 bridgehead atoms. The fourth-order valence-corrected chi connectivity index (χ4v) is 2.68. The summed E-state index contributed by atoms with van der Waals surface area (Å²) in [4.78, 5) is 10.2. The largest absolute Gasteiger partial charge is 0.384 e. The number of nitrogens with zero attached hydrogens (tertiary/aromatic N) is 2. The molecule has 0 fully saturated rings. The number of fused-ring (bicyclic) bond motifs is 1. The maximum atomic E-state index is 10.8. The van der Waals surface area contributed by atoms with E-state index in [1.54, 1.807) is 6.07 Å². The number of benzene rings is 2. The van der Waals surface area contributed by atoms with Gasteiger partial charge >= 0.3 is 0 Å². The molecule has 3 rings (SSSR count). The van der Waals surface area contributed by atoms with Crippen molar-refractivity contribution < 1.29 is 4.92 Å². The van der Waals surface area contributed by atoms with Gasteiger partial charge in [-0.25, -0.2) is 0 Å². The zero-order chi connectivity index (χ0) is 14.8. The lowest BCUT2D eigenvalue weighted by atomic mass is 9.77. The van der Waals surface area contributed by atoms with Crippen molar-refractivity contribution >= 4 is 11.4 Å². The molecule has 2 aromatic carbocycles. The van der Waals surface area contributed by atoms with E-state index in [-0.39, 0.29) is 11.3 Å². The van der Waals surface area contributed by atoms with Gasteiger partial charge in [-0.1, -0.05) is 24.3 Å². The minimum atomic E-state index is -0.537. The summed E-state index contributed by atoms with van der Waals surface area (Å²) < 4.78 is 0. The standard InChI is InChI=1S/C16H13N3O2/c17-9-12-8-14(5-6-16(12)19(20)21)18-10-13-7-11-3-1-2-4-15(11)13/h1-6,8,13,18H,7,10H2. The molecule has 0 heterocycles. The van der Waals surface area contributed by atoms with Crippen LogP contribution < -0.4 is 5.32 Å². The van der Waals surface area contributed by atoms with Gasteiger partial charge in [-0.2, -0.15) is 5.26 Å². The van der Waals surface area contributed by atoms with E-state index in [9.17, 15) is 10.1 Å². The van der Waals surface area contributed by atoms with Crippen molar-refractivity contribution in [2.45, 2.75) is 12.3 Å². The highest BCUT2D eigenvalue weighted by atomic mass is 16.6. The van der Waals surface area contributed by atoms with Gasteiger partial charge in [-0.3, -0.25) is 10.1 Å². The summed E-state index contributed by atoms with van der Waals surface area (Å²) in [6.07, 6.45) is 1.04. The molecule has 1 aliphatic carbocycles. The average molecular weight is 279 g/mol. The van der Waals surface area contributed by atoms with Gasteiger partial charge in [0, 0.05) is 24.2 Å². The van der Waals surface area contributed by atoms with Gasteiger partial charge in [0.2, 0.25) is 0 Å². The van der Waals surface area contributed by atoms with Crippen LogP contribution in [0.5, 0.6) is 0 Å². The highest BCUT2D eigenvalue weighted by molar-refractivity contribution is 5.59. The summed E-state index contributed by atoms with van der Waals surface area (Å²) in [7, 11) is 0. The summed E-state index contributed by atoms with van der Waals surface area (Å²) in [6, 6.07) is 14.7. The summed E-state index contributed by atoms with van der Waals surface area (Å²) in [6.45, 7) is 0.764. The van der Waals surface area contributed by atoms with Crippen molar-refractivity contribution in [3.05, 3.63) is 69.3 Å². The fraction of sp³-hybridized carbons (Fsp3) is 0.188. The quantitative estimate of drug-likeness (QED) is 0.688. The third kappa shape index (κ3) is 2.43. The Morgan fingerprint density at radius 3 is 2.86 bits per heavy atom. The molecule has 104 valence electrons. The van der Waals surface area contributed by atoms with Crippen molar-refractivity contribution in [1.82, 2.24) is 0 Å². The molecule has 0 amide bonds. The van der Waals surface area contributed by atoms with Crippen LogP contribution in [0.25, 0.3) is 0 Å². The topological polar surface area (TPSA) is 79.0 Å². The first-order valence-corrected chi connectivity index (χ1v) is 6.69. The molecule has 5 nitrogen and oxygen atoms in total. The van der Waals surface area contributed by atoms with E-state index in [0.717, 1.165) is 18.7 Å². The molecule has 1 aliphatic rings. The Labute approximate surface area is 122 Å². The Bertz CT molecular complexity index is 749. The van der Waals surface area contributed by atoms with Crippen molar-refractivity contribution in [2.75, 3.05) is 11.9 Å². The van der Waals surface area contributed by atoms with Crippen LogP contribution in [0.4, 0.5) is 11.4 Å². The maximum absolute atomic E-state index is 10.8. The minimum Gasteiger partial charge on any atom is -0.384 e. The Hall–Kier alpha value is -2.87. The average Bonchev–Trinajstić information content (AvgIpc) is 2.47. The number of rotatable bonds is 4. The fourth-order valence-electron chi connectivity index (χ4n) is 2.68. The normalized spacial score (nSPS) is 15.5. The Morgan fingerprint density at radius 2 is 2.14 bits per heavy atom. The molecule has 0 radical (unpaired) electrons. The maximum Gasteiger partial charge on any atom is 0.287 e. The van der Waals surface area contributed by atoms with Crippen LogP contribution in [-0.4, -0.2) is 11.5 Å². The van der Waals surface area contributed by atoms with Gasteiger partial charge in [0.15, 0.2) is 0 Å². The molecular weight excluding hydrogens is 266 g/mol. The zero-order valence-corrected chi connectivity index (χ0v) is 11.2. The van der Waals surface area contributed by atoms with Crippen molar-refractivity contribution in [3.63, 3.8) is 0 Å². The van der Waals surface area contributed by atoms with Crippen LogP contribution in [-0.2, 0) is 6.42 Å². The Morgan fingerprint density at radius 1 is 1.33 bits per heavy atom. The second kappa shape index (κ2) is 5.25. The third-order valence-electron chi connectivity index (χ3n) is 3.83. The summed E-state index contributed by atoms with van der Waals surface area (Å²) >= 11 is 0. The molecule has 0 spiro atoms. The van der Waals surface area contributed by atoms with E-state index >= 15 is 0 Å². The molecule has 0 saturated heterocycles. The Kier molecular flexibility index (Phi) is 3.28. The molecule has 0 saturated carbocycles. The summed E-state index contributed by atoms with van der Waals surface area (Å²) in [5, 5.41) is 23.0. The van der Waals surface area contributed by atoms with Crippen LogP contribution in [0.2, 0.25) is 0 Å². The molecule has 1 atom stereocenters. The highest BCUT2D eigenvalue weighted by Crippen LogP contribution is 2.35. The van der Waals surface area contributed by atoms with Gasteiger partial charge in [0.05, 0.1) is 4.92 Å². The number of anilines is 1. The Balaban J connectivity index is 1.70.